The zero-order valence-corrected chi connectivity index (χ0v) is 15.2. The molecule has 0 bridgehead atoms. The molecule has 1 atom stereocenters. The van der Waals surface area contributed by atoms with Gasteiger partial charge in [0.25, 0.3) is 0 Å². The highest BCUT2D eigenvalue weighted by Gasteiger charge is 2.15. The Bertz CT molecular complexity index is 737. The highest BCUT2D eigenvalue weighted by molar-refractivity contribution is 5.92. The smallest absolute Gasteiger partial charge is 0.244 e. The molecule has 136 valence electrons. The van der Waals surface area contributed by atoms with E-state index in [2.05, 4.69) is 41.4 Å². The Labute approximate surface area is 155 Å². The predicted octanol–water partition coefficient (Wildman–Crippen LogP) is 3.80. The van der Waals surface area contributed by atoms with Crippen LogP contribution in [0.25, 0.3) is 6.08 Å². The quantitative estimate of drug-likeness (QED) is 0.806. The van der Waals surface area contributed by atoms with Crippen LogP contribution >= 0.6 is 0 Å². The highest BCUT2D eigenvalue weighted by atomic mass is 16.5. The first kappa shape index (κ1) is 18.2. The molecular weight excluding hydrogens is 324 g/mol. The first-order chi connectivity index (χ1) is 12.8. The minimum atomic E-state index is -0.0718. The maximum Gasteiger partial charge on any atom is 0.244 e. The van der Waals surface area contributed by atoms with Crippen LogP contribution in [0.3, 0.4) is 0 Å². The molecule has 26 heavy (non-hydrogen) atoms. The molecule has 2 aromatic carbocycles. The molecule has 0 aromatic heterocycles. The zero-order chi connectivity index (χ0) is 18.2. The number of carbonyl (C=O) groups is 1. The van der Waals surface area contributed by atoms with Crippen molar-refractivity contribution in [2.45, 2.75) is 19.4 Å². The van der Waals surface area contributed by atoms with E-state index in [1.807, 2.05) is 36.4 Å². The average Bonchev–Trinajstić information content (AvgIpc) is 2.72. The van der Waals surface area contributed by atoms with Gasteiger partial charge in [0.1, 0.15) is 0 Å². The topological polar surface area (TPSA) is 41.6 Å². The minimum absolute atomic E-state index is 0.00362. The Morgan fingerprint density at radius 3 is 2.65 bits per heavy atom. The van der Waals surface area contributed by atoms with Crippen molar-refractivity contribution in [1.29, 1.82) is 0 Å². The molecule has 0 saturated carbocycles. The largest absolute Gasteiger partial charge is 0.378 e. The van der Waals surface area contributed by atoms with Gasteiger partial charge in [0.2, 0.25) is 5.91 Å². The molecule has 1 fully saturated rings. The summed E-state index contributed by atoms with van der Waals surface area (Å²) >= 11 is 0. The van der Waals surface area contributed by atoms with Crippen LogP contribution in [0.1, 0.15) is 30.5 Å². The van der Waals surface area contributed by atoms with E-state index in [4.69, 9.17) is 4.74 Å². The molecule has 0 radical (unpaired) electrons. The van der Waals surface area contributed by atoms with E-state index in [0.29, 0.717) is 0 Å². The summed E-state index contributed by atoms with van der Waals surface area (Å²) in [5, 5.41) is 3.11. The van der Waals surface area contributed by atoms with Crippen LogP contribution in [0, 0.1) is 0 Å². The van der Waals surface area contributed by atoms with Gasteiger partial charge in [0.15, 0.2) is 0 Å². The number of nitrogens with one attached hydrogen (secondary N) is 1. The second kappa shape index (κ2) is 9.20. The number of morpholine rings is 1. The number of carbonyl (C=O) groups excluding carboxylic acids is 1. The molecule has 0 aliphatic carbocycles. The molecule has 1 heterocycles. The summed E-state index contributed by atoms with van der Waals surface area (Å²) in [6.45, 7) is 5.44. The summed E-state index contributed by atoms with van der Waals surface area (Å²) in [7, 11) is 0. The van der Waals surface area contributed by atoms with Crippen LogP contribution < -0.4 is 10.2 Å². The van der Waals surface area contributed by atoms with Crippen molar-refractivity contribution in [2.75, 3.05) is 31.2 Å². The van der Waals surface area contributed by atoms with Crippen molar-refractivity contribution < 1.29 is 9.53 Å². The van der Waals surface area contributed by atoms with E-state index in [1.54, 1.807) is 6.08 Å². The minimum Gasteiger partial charge on any atom is -0.378 e. The number of nitrogens with zero attached hydrogens (tertiary/aromatic N) is 1. The second-order valence-electron chi connectivity index (χ2n) is 6.41. The van der Waals surface area contributed by atoms with Crippen molar-refractivity contribution in [2.24, 2.45) is 0 Å². The van der Waals surface area contributed by atoms with Crippen molar-refractivity contribution >= 4 is 17.7 Å². The Kier molecular flexibility index (Phi) is 6.45. The van der Waals surface area contributed by atoms with Crippen molar-refractivity contribution in [3.05, 3.63) is 71.8 Å². The Hall–Kier alpha value is -2.59. The fourth-order valence-corrected chi connectivity index (χ4v) is 3.14. The number of anilines is 1. The summed E-state index contributed by atoms with van der Waals surface area (Å²) in [6.07, 6.45) is 4.29. The van der Waals surface area contributed by atoms with Crippen LogP contribution in [0.4, 0.5) is 5.69 Å². The molecule has 1 amide bonds. The molecule has 4 nitrogen and oxygen atoms in total. The number of hydrogen-bond donors (Lipinski definition) is 1. The third kappa shape index (κ3) is 4.96. The SMILES string of the molecule is CCC(NC(=O)C=Cc1ccccc1)c1cccc(N2CCOCC2)c1. The molecule has 4 heteroatoms. The Balaban J connectivity index is 1.66. The lowest BCUT2D eigenvalue weighted by Gasteiger charge is -2.29. The van der Waals surface area contributed by atoms with Crippen LogP contribution in [-0.2, 0) is 9.53 Å². The van der Waals surface area contributed by atoms with Gasteiger partial charge in [0, 0.05) is 24.9 Å². The number of ether oxygens (including phenoxy) is 1. The monoisotopic (exact) mass is 350 g/mol. The van der Waals surface area contributed by atoms with E-state index >= 15 is 0 Å². The molecule has 1 unspecified atom stereocenters. The summed E-state index contributed by atoms with van der Waals surface area (Å²) in [6, 6.07) is 18.3. The summed E-state index contributed by atoms with van der Waals surface area (Å²) < 4.78 is 5.43. The van der Waals surface area contributed by atoms with Gasteiger partial charge < -0.3 is 15.0 Å². The van der Waals surface area contributed by atoms with E-state index in [0.717, 1.165) is 43.9 Å². The highest BCUT2D eigenvalue weighted by Crippen LogP contribution is 2.23. The fraction of sp³-hybridized carbons (Fsp3) is 0.318. The number of hydrogen-bond acceptors (Lipinski definition) is 3. The lowest BCUT2D eigenvalue weighted by atomic mass is 10.0. The van der Waals surface area contributed by atoms with Gasteiger partial charge in [-0.3, -0.25) is 4.79 Å². The number of rotatable bonds is 6. The van der Waals surface area contributed by atoms with Gasteiger partial charge in [-0.2, -0.15) is 0 Å². The van der Waals surface area contributed by atoms with E-state index in [9.17, 15) is 4.79 Å². The van der Waals surface area contributed by atoms with Crippen LogP contribution in [0.2, 0.25) is 0 Å². The lowest BCUT2D eigenvalue weighted by Crippen LogP contribution is -2.36. The van der Waals surface area contributed by atoms with Gasteiger partial charge in [-0.05, 0) is 35.8 Å². The van der Waals surface area contributed by atoms with Gasteiger partial charge in [0.05, 0.1) is 19.3 Å². The van der Waals surface area contributed by atoms with E-state index < -0.39 is 0 Å². The number of benzene rings is 2. The Morgan fingerprint density at radius 1 is 1.15 bits per heavy atom. The standard InChI is InChI=1S/C22H26N2O2/c1-2-21(23-22(25)12-11-18-7-4-3-5-8-18)19-9-6-10-20(17-19)24-13-15-26-16-14-24/h3-12,17,21H,2,13-16H2,1H3,(H,23,25). The summed E-state index contributed by atoms with van der Waals surface area (Å²) in [5.74, 6) is -0.0718. The molecule has 0 spiro atoms. The van der Waals surface area contributed by atoms with Gasteiger partial charge in [-0.1, -0.05) is 49.4 Å². The normalized spacial score (nSPS) is 15.8. The summed E-state index contributed by atoms with van der Waals surface area (Å²) in [4.78, 5) is 14.7. The van der Waals surface area contributed by atoms with Gasteiger partial charge >= 0.3 is 0 Å². The van der Waals surface area contributed by atoms with Crippen LogP contribution in [-0.4, -0.2) is 32.2 Å². The average molecular weight is 350 g/mol. The number of amides is 1. The van der Waals surface area contributed by atoms with Crippen LogP contribution in [0.5, 0.6) is 0 Å². The molecule has 3 rings (SSSR count). The first-order valence-electron chi connectivity index (χ1n) is 9.22. The zero-order valence-electron chi connectivity index (χ0n) is 15.2. The van der Waals surface area contributed by atoms with Gasteiger partial charge in [-0.25, -0.2) is 0 Å². The molecule has 1 N–H and O–H groups in total. The third-order valence-electron chi connectivity index (χ3n) is 4.60. The lowest BCUT2D eigenvalue weighted by molar-refractivity contribution is -0.117. The van der Waals surface area contributed by atoms with Crippen molar-refractivity contribution in [3.63, 3.8) is 0 Å². The molecule has 1 aliphatic rings. The molecule has 1 aliphatic heterocycles. The van der Waals surface area contributed by atoms with Gasteiger partial charge in [-0.15, -0.1) is 0 Å². The maximum atomic E-state index is 12.3. The van der Waals surface area contributed by atoms with Crippen molar-refractivity contribution in [1.82, 2.24) is 5.32 Å². The first-order valence-corrected chi connectivity index (χ1v) is 9.22. The third-order valence-corrected chi connectivity index (χ3v) is 4.60. The van der Waals surface area contributed by atoms with Crippen molar-refractivity contribution in [3.8, 4) is 0 Å². The molecular formula is C22H26N2O2. The fourth-order valence-electron chi connectivity index (χ4n) is 3.14. The van der Waals surface area contributed by atoms with E-state index in [1.165, 1.54) is 5.69 Å². The maximum absolute atomic E-state index is 12.3. The second-order valence-corrected chi connectivity index (χ2v) is 6.41. The van der Waals surface area contributed by atoms with E-state index in [-0.39, 0.29) is 11.9 Å². The molecule has 2 aromatic rings. The predicted molar refractivity (Wildman–Crippen MR) is 106 cm³/mol. The molecule has 1 saturated heterocycles. The Morgan fingerprint density at radius 2 is 1.92 bits per heavy atom. The van der Waals surface area contributed by atoms with Crippen LogP contribution in [0.15, 0.2) is 60.7 Å². The summed E-state index contributed by atoms with van der Waals surface area (Å²) in [5.41, 5.74) is 3.35.